The first-order valence-corrected chi connectivity index (χ1v) is 12.6. The van der Waals surface area contributed by atoms with E-state index in [0.29, 0.717) is 47.0 Å². The fraction of sp³-hybridized carbons (Fsp3) is 0.207. The largest absolute Gasteiger partial charge is 0.480 e. The molecule has 2 atom stereocenters. The lowest BCUT2D eigenvalue weighted by Crippen LogP contribution is -2.36. The van der Waals surface area contributed by atoms with E-state index in [-0.39, 0.29) is 23.8 Å². The highest BCUT2D eigenvalue weighted by Gasteiger charge is 2.40. The van der Waals surface area contributed by atoms with E-state index in [4.69, 9.17) is 4.42 Å². The van der Waals surface area contributed by atoms with Crippen molar-refractivity contribution in [1.82, 2.24) is 15.0 Å². The number of carbonyl (C=O) groups is 2. The molecule has 5 aromatic rings. The van der Waals surface area contributed by atoms with Gasteiger partial charge in [0.15, 0.2) is 11.4 Å². The summed E-state index contributed by atoms with van der Waals surface area (Å²) in [5.41, 5.74) is 3.96. The SMILES string of the molecule is Cc1nc(N2C[C@@H](CC(=O)Nc3ccc(-c4ccc(=O)[nH]c4)cc3)C[C@H]2C(=O)O)c2oc3ccccc3c2n1. The summed E-state index contributed by atoms with van der Waals surface area (Å²) in [6.45, 7) is 2.11. The van der Waals surface area contributed by atoms with Crippen molar-refractivity contribution in [1.29, 1.82) is 0 Å². The number of H-pyrrole nitrogens is 1. The number of carbonyl (C=O) groups excluding carboxylic acids is 1. The number of hydrogen-bond acceptors (Lipinski definition) is 7. The van der Waals surface area contributed by atoms with Gasteiger partial charge in [-0.15, -0.1) is 0 Å². The summed E-state index contributed by atoms with van der Waals surface area (Å²) < 4.78 is 6.07. The highest BCUT2D eigenvalue weighted by atomic mass is 16.4. The van der Waals surface area contributed by atoms with Crippen LogP contribution < -0.4 is 15.8 Å². The molecule has 0 saturated carbocycles. The van der Waals surface area contributed by atoms with Gasteiger partial charge in [0, 0.05) is 36.3 Å². The maximum atomic E-state index is 12.9. The maximum Gasteiger partial charge on any atom is 0.326 e. The van der Waals surface area contributed by atoms with Crippen molar-refractivity contribution in [3.63, 3.8) is 0 Å². The van der Waals surface area contributed by atoms with E-state index in [1.165, 1.54) is 6.07 Å². The third-order valence-corrected chi connectivity index (χ3v) is 7.02. The molecule has 0 bridgehead atoms. The second-order valence-corrected chi connectivity index (χ2v) is 9.75. The number of aryl methyl sites for hydroxylation is 1. The van der Waals surface area contributed by atoms with Gasteiger partial charge in [-0.1, -0.05) is 24.3 Å². The molecule has 1 saturated heterocycles. The van der Waals surface area contributed by atoms with Gasteiger partial charge in [-0.05, 0) is 60.7 Å². The molecule has 39 heavy (non-hydrogen) atoms. The minimum absolute atomic E-state index is 0.162. The number of furan rings is 1. The molecule has 196 valence electrons. The standard InChI is InChI=1S/C29H25N5O5/c1-16-31-26-21-4-2-3-5-23(21)39-27(26)28(32-16)34-15-17(12-22(34)29(37)38)13-25(36)33-20-9-6-18(7-10-20)19-8-11-24(35)30-14-19/h2-11,14,17,22H,12-13,15H2,1H3,(H,30,35)(H,33,36)(H,37,38)/t17-,22+/m1/s1. The lowest BCUT2D eigenvalue weighted by atomic mass is 10.0. The number of amides is 1. The van der Waals surface area contributed by atoms with Crippen LogP contribution in [0.3, 0.4) is 0 Å². The van der Waals surface area contributed by atoms with Gasteiger partial charge in [-0.25, -0.2) is 14.8 Å². The number of rotatable bonds is 6. The summed E-state index contributed by atoms with van der Waals surface area (Å²) in [4.78, 5) is 49.9. The monoisotopic (exact) mass is 523 g/mol. The minimum atomic E-state index is -0.976. The molecule has 2 aromatic carbocycles. The summed E-state index contributed by atoms with van der Waals surface area (Å²) >= 11 is 0. The number of carboxylic acids is 1. The predicted octanol–water partition coefficient (Wildman–Crippen LogP) is 4.35. The number of nitrogens with one attached hydrogen (secondary N) is 2. The third kappa shape index (κ3) is 4.72. The van der Waals surface area contributed by atoms with Gasteiger partial charge in [0.25, 0.3) is 0 Å². The number of para-hydroxylation sites is 1. The van der Waals surface area contributed by atoms with Crippen LogP contribution in [0.1, 0.15) is 18.7 Å². The first-order chi connectivity index (χ1) is 18.9. The molecule has 0 unspecified atom stereocenters. The fourth-order valence-corrected chi connectivity index (χ4v) is 5.23. The Hall–Kier alpha value is -4.99. The number of nitrogens with zero attached hydrogens (tertiary/aromatic N) is 3. The Bertz CT molecular complexity index is 1750. The normalized spacial score (nSPS) is 17.1. The molecule has 3 N–H and O–H groups in total. The Kier molecular flexibility index (Phi) is 6.07. The van der Waals surface area contributed by atoms with Crippen molar-refractivity contribution in [2.45, 2.75) is 25.8 Å². The van der Waals surface area contributed by atoms with E-state index in [0.717, 1.165) is 16.5 Å². The van der Waals surface area contributed by atoms with Crippen LogP contribution >= 0.6 is 0 Å². The van der Waals surface area contributed by atoms with Crippen molar-refractivity contribution < 1.29 is 19.1 Å². The van der Waals surface area contributed by atoms with E-state index >= 15 is 0 Å². The number of hydrogen-bond donors (Lipinski definition) is 3. The molecular weight excluding hydrogens is 498 g/mol. The molecule has 6 rings (SSSR count). The summed E-state index contributed by atoms with van der Waals surface area (Å²) in [6, 6.07) is 17.2. The Morgan fingerprint density at radius 3 is 2.59 bits per heavy atom. The number of aromatic amines is 1. The van der Waals surface area contributed by atoms with Gasteiger partial charge in [-0.2, -0.15) is 0 Å². The van der Waals surface area contributed by atoms with Gasteiger partial charge >= 0.3 is 5.97 Å². The van der Waals surface area contributed by atoms with Crippen LogP contribution in [-0.4, -0.2) is 44.5 Å². The second-order valence-electron chi connectivity index (χ2n) is 9.75. The van der Waals surface area contributed by atoms with Crippen LogP contribution in [0.15, 0.2) is 76.1 Å². The number of aromatic nitrogens is 3. The van der Waals surface area contributed by atoms with E-state index in [1.54, 1.807) is 36.2 Å². The number of carboxylic acid groups (broad SMARTS) is 1. The first kappa shape index (κ1) is 24.4. The molecule has 1 aliphatic heterocycles. The summed E-state index contributed by atoms with van der Waals surface area (Å²) in [7, 11) is 0. The molecule has 10 nitrogen and oxygen atoms in total. The van der Waals surface area contributed by atoms with Crippen molar-refractivity contribution in [2.75, 3.05) is 16.8 Å². The molecule has 4 heterocycles. The lowest BCUT2D eigenvalue weighted by molar-refractivity contribution is -0.138. The molecular formula is C29H25N5O5. The Balaban J connectivity index is 1.20. The van der Waals surface area contributed by atoms with Crippen molar-refractivity contribution in [3.8, 4) is 11.1 Å². The van der Waals surface area contributed by atoms with Crippen molar-refractivity contribution >= 4 is 45.5 Å². The first-order valence-electron chi connectivity index (χ1n) is 12.6. The average molecular weight is 524 g/mol. The van der Waals surface area contributed by atoms with Crippen molar-refractivity contribution in [2.24, 2.45) is 5.92 Å². The average Bonchev–Trinajstić information content (AvgIpc) is 3.51. The molecule has 1 amide bonds. The van der Waals surface area contributed by atoms with Crippen LogP contribution in [-0.2, 0) is 9.59 Å². The zero-order valence-electron chi connectivity index (χ0n) is 21.0. The highest BCUT2D eigenvalue weighted by molar-refractivity contribution is 6.06. The minimum Gasteiger partial charge on any atom is -0.480 e. The fourth-order valence-electron chi connectivity index (χ4n) is 5.23. The molecule has 0 aliphatic carbocycles. The molecule has 10 heteroatoms. The highest BCUT2D eigenvalue weighted by Crippen LogP contribution is 2.37. The van der Waals surface area contributed by atoms with Crippen LogP contribution in [0.2, 0.25) is 0 Å². The maximum absolute atomic E-state index is 12.9. The number of aliphatic carboxylic acids is 1. The molecule has 0 spiro atoms. The Morgan fingerprint density at radius 1 is 1.08 bits per heavy atom. The molecule has 3 aromatic heterocycles. The van der Waals surface area contributed by atoms with Crippen LogP contribution in [0.25, 0.3) is 33.2 Å². The molecule has 1 fully saturated rings. The molecule has 0 radical (unpaired) electrons. The van der Waals surface area contributed by atoms with Gasteiger partial charge < -0.3 is 24.7 Å². The van der Waals surface area contributed by atoms with Crippen LogP contribution in [0.4, 0.5) is 11.5 Å². The van der Waals surface area contributed by atoms with Gasteiger partial charge in [-0.3, -0.25) is 9.59 Å². The van der Waals surface area contributed by atoms with Crippen molar-refractivity contribution in [3.05, 3.63) is 83.0 Å². The van der Waals surface area contributed by atoms with Crippen LogP contribution in [0.5, 0.6) is 0 Å². The summed E-state index contributed by atoms with van der Waals surface area (Å²) in [5.74, 6) is -0.422. The summed E-state index contributed by atoms with van der Waals surface area (Å²) in [5, 5.41) is 13.8. The second kappa shape index (κ2) is 9.71. The smallest absolute Gasteiger partial charge is 0.326 e. The lowest BCUT2D eigenvalue weighted by Gasteiger charge is -2.22. The number of fused-ring (bicyclic) bond motifs is 3. The molecule has 1 aliphatic rings. The summed E-state index contributed by atoms with van der Waals surface area (Å²) in [6.07, 6.45) is 2.10. The van der Waals surface area contributed by atoms with E-state index in [2.05, 4.69) is 20.3 Å². The van der Waals surface area contributed by atoms with E-state index < -0.39 is 12.0 Å². The van der Waals surface area contributed by atoms with Gasteiger partial charge in [0.05, 0.1) is 0 Å². The number of pyridine rings is 1. The van der Waals surface area contributed by atoms with E-state index in [9.17, 15) is 19.5 Å². The van der Waals surface area contributed by atoms with Gasteiger partial charge in [0.2, 0.25) is 11.5 Å². The van der Waals surface area contributed by atoms with E-state index in [1.807, 2.05) is 36.4 Å². The zero-order chi connectivity index (χ0) is 27.1. The third-order valence-electron chi connectivity index (χ3n) is 7.02. The quantitative estimate of drug-likeness (QED) is 0.298. The zero-order valence-corrected chi connectivity index (χ0v) is 21.0. The number of anilines is 2. The van der Waals surface area contributed by atoms with Crippen LogP contribution in [0, 0.1) is 12.8 Å². The van der Waals surface area contributed by atoms with Gasteiger partial charge in [0.1, 0.15) is 23.0 Å². The predicted molar refractivity (Wildman–Crippen MR) is 147 cm³/mol. The Morgan fingerprint density at radius 2 is 1.85 bits per heavy atom. The number of benzene rings is 2. The Labute approximate surface area is 222 Å². The topological polar surface area (TPSA) is 141 Å².